The Labute approximate surface area is 229 Å². The molecule has 0 saturated carbocycles. The van der Waals surface area contributed by atoms with Gasteiger partial charge in [-0.1, -0.05) is 53.8 Å². The topological polar surface area (TPSA) is 80.2 Å². The number of ether oxygens (including phenoxy) is 1. The molecule has 1 aliphatic rings. The molecule has 192 valence electrons. The van der Waals surface area contributed by atoms with Crippen molar-refractivity contribution in [2.45, 2.75) is 12.8 Å². The number of fused-ring (bicyclic) bond motifs is 1. The molecule has 5 aromatic rings. The van der Waals surface area contributed by atoms with Crippen LogP contribution in [0.2, 0.25) is 0 Å². The zero-order chi connectivity index (χ0) is 25.7. The molecule has 0 bridgehead atoms. The van der Waals surface area contributed by atoms with E-state index in [1.165, 1.54) is 11.3 Å². The third-order valence-corrected chi connectivity index (χ3v) is 8.66. The number of rotatable bonds is 8. The number of amides is 1. The quantitative estimate of drug-likeness (QED) is 0.260. The summed E-state index contributed by atoms with van der Waals surface area (Å²) in [4.78, 5) is 32.0. The zero-order valence-electron chi connectivity index (χ0n) is 20.8. The van der Waals surface area contributed by atoms with Crippen LogP contribution in [0.4, 0.5) is 5.69 Å². The van der Waals surface area contributed by atoms with Gasteiger partial charge in [0.2, 0.25) is 0 Å². The first-order chi connectivity index (χ1) is 18.7. The fourth-order valence-corrected chi connectivity index (χ4v) is 6.59. The SMILES string of the molecule is O=C(Nc1ccccc1-c1nc2cccnc2s1)c1nc(-c2ccccc2)sc1CCCN1CCOCC1. The van der Waals surface area contributed by atoms with Crippen LogP contribution in [0.1, 0.15) is 21.8 Å². The number of pyridine rings is 1. The van der Waals surface area contributed by atoms with Crippen molar-refractivity contribution < 1.29 is 9.53 Å². The highest BCUT2D eigenvalue weighted by Gasteiger charge is 2.21. The maximum atomic E-state index is 13.7. The molecule has 7 nitrogen and oxygen atoms in total. The number of carbonyl (C=O) groups is 1. The lowest BCUT2D eigenvalue weighted by atomic mass is 10.1. The van der Waals surface area contributed by atoms with Gasteiger partial charge in [0.1, 0.15) is 26.1 Å². The molecule has 1 N–H and O–H groups in total. The number of benzene rings is 2. The van der Waals surface area contributed by atoms with Gasteiger partial charge in [-0.2, -0.15) is 0 Å². The molecule has 1 aliphatic heterocycles. The summed E-state index contributed by atoms with van der Waals surface area (Å²) in [6.07, 6.45) is 3.53. The average molecular weight is 542 g/mol. The van der Waals surface area contributed by atoms with Crippen molar-refractivity contribution in [2.24, 2.45) is 0 Å². The number of carbonyl (C=O) groups excluding carboxylic acids is 1. The lowest BCUT2D eigenvalue weighted by Gasteiger charge is -2.26. The maximum Gasteiger partial charge on any atom is 0.275 e. The van der Waals surface area contributed by atoms with Crippen molar-refractivity contribution in [3.8, 4) is 21.1 Å². The predicted molar refractivity (Wildman–Crippen MR) is 154 cm³/mol. The first-order valence-electron chi connectivity index (χ1n) is 12.7. The van der Waals surface area contributed by atoms with E-state index in [9.17, 15) is 4.79 Å². The smallest absolute Gasteiger partial charge is 0.275 e. The molecule has 9 heteroatoms. The molecule has 0 aliphatic carbocycles. The number of nitrogens with one attached hydrogen (secondary N) is 1. The van der Waals surface area contributed by atoms with Crippen LogP contribution in [0.15, 0.2) is 72.9 Å². The van der Waals surface area contributed by atoms with Crippen LogP contribution in [0.3, 0.4) is 0 Å². The van der Waals surface area contributed by atoms with Crippen molar-refractivity contribution in [3.05, 3.63) is 83.5 Å². The Morgan fingerprint density at radius 3 is 2.58 bits per heavy atom. The molecule has 0 unspecified atom stereocenters. The van der Waals surface area contributed by atoms with Crippen LogP contribution in [-0.4, -0.2) is 58.6 Å². The normalized spacial score (nSPS) is 14.1. The third kappa shape index (κ3) is 5.51. The van der Waals surface area contributed by atoms with Crippen LogP contribution in [0.25, 0.3) is 31.5 Å². The molecule has 6 rings (SSSR count). The van der Waals surface area contributed by atoms with Gasteiger partial charge in [-0.15, -0.1) is 11.3 Å². The van der Waals surface area contributed by atoms with E-state index in [4.69, 9.17) is 14.7 Å². The largest absolute Gasteiger partial charge is 0.379 e. The number of aryl methyl sites for hydroxylation is 1. The van der Waals surface area contributed by atoms with Crippen LogP contribution in [0, 0.1) is 0 Å². The highest BCUT2D eigenvalue weighted by molar-refractivity contribution is 7.21. The van der Waals surface area contributed by atoms with Crippen LogP contribution >= 0.6 is 22.7 Å². The lowest BCUT2D eigenvalue weighted by Crippen LogP contribution is -2.36. The van der Waals surface area contributed by atoms with Gasteiger partial charge in [-0.25, -0.2) is 15.0 Å². The van der Waals surface area contributed by atoms with Crippen LogP contribution in [0.5, 0.6) is 0 Å². The minimum atomic E-state index is -0.198. The van der Waals surface area contributed by atoms with Crippen molar-refractivity contribution in [1.29, 1.82) is 0 Å². The molecule has 1 fully saturated rings. The number of morpholine rings is 1. The number of thiazole rings is 2. The van der Waals surface area contributed by atoms with Gasteiger partial charge >= 0.3 is 0 Å². The Balaban J connectivity index is 1.26. The molecule has 38 heavy (non-hydrogen) atoms. The highest BCUT2D eigenvalue weighted by atomic mass is 32.1. The summed E-state index contributed by atoms with van der Waals surface area (Å²) < 4.78 is 5.47. The number of anilines is 1. The maximum absolute atomic E-state index is 13.7. The fourth-order valence-electron chi connectivity index (χ4n) is 4.54. The minimum Gasteiger partial charge on any atom is -0.379 e. The molecule has 2 aromatic carbocycles. The monoisotopic (exact) mass is 541 g/mol. The molecule has 0 atom stereocenters. The second-order valence-electron chi connectivity index (χ2n) is 9.06. The summed E-state index contributed by atoms with van der Waals surface area (Å²) >= 11 is 3.12. The molecule has 1 amide bonds. The van der Waals surface area contributed by atoms with Gasteiger partial charge in [0.15, 0.2) is 0 Å². The summed E-state index contributed by atoms with van der Waals surface area (Å²) in [6.45, 7) is 4.48. The number of hydrogen-bond acceptors (Lipinski definition) is 8. The average Bonchev–Trinajstić information content (AvgIpc) is 3.59. The van der Waals surface area contributed by atoms with E-state index in [1.54, 1.807) is 17.5 Å². The molecule has 4 heterocycles. The van der Waals surface area contributed by atoms with Crippen LogP contribution in [-0.2, 0) is 11.2 Å². The Morgan fingerprint density at radius 2 is 1.74 bits per heavy atom. The Hall–Kier alpha value is -3.50. The van der Waals surface area contributed by atoms with Gasteiger partial charge in [-0.3, -0.25) is 9.69 Å². The summed E-state index contributed by atoms with van der Waals surface area (Å²) in [5.41, 5.74) is 3.95. The molecule has 1 saturated heterocycles. The number of aromatic nitrogens is 3. The fraction of sp³-hybridized carbons (Fsp3) is 0.241. The van der Waals surface area contributed by atoms with Crippen molar-refractivity contribution in [2.75, 3.05) is 38.2 Å². The minimum absolute atomic E-state index is 0.198. The molecule has 0 radical (unpaired) electrons. The zero-order valence-corrected chi connectivity index (χ0v) is 22.4. The second-order valence-corrected chi connectivity index (χ2v) is 11.1. The first-order valence-corrected chi connectivity index (χ1v) is 14.4. The molecular weight excluding hydrogens is 514 g/mol. The summed E-state index contributed by atoms with van der Waals surface area (Å²) in [5, 5.41) is 4.83. The van der Waals surface area contributed by atoms with E-state index in [0.29, 0.717) is 11.4 Å². The summed E-state index contributed by atoms with van der Waals surface area (Å²) in [5.74, 6) is -0.198. The molecular formula is C29H27N5O2S2. The Kier molecular flexibility index (Phi) is 7.50. The van der Waals surface area contributed by atoms with E-state index in [-0.39, 0.29) is 5.91 Å². The van der Waals surface area contributed by atoms with E-state index < -0.39 is 0 Å². The van der Waals surface area contributed by atoms with Crippen molar-refractivity contribution in [3.63, 3.8) is 0 Å². The first kappa shape index (κ1) is 24.8. The van der Waals surface area contributed by atoms with Gasteiger partial charge in [-0.05, 0) is 43.7 Å². The van der Waals surface area contributed by atoms with Crippen molar-refractivity contribution >= 4 is 44.6 Å². The number of para-hydroxylation sites is 1. The summed E-state index contributed by atoms with van der Waals surface area (Å²) in [7, 11) is 0. The number of nitrogens with zero attached hydrogens (tertiary/aromatic N) is 4. The van der Waals surface area contributed by atoms with Gasteiger partial charge in [0.05, 0.1) is 18.9 Å². The Bertz CT molecular complexity index is 1510. The number of hydrogen-bond donors (Lipinski definition) is 1. The summed E-state index contributed by atoms with van der Waals surface area (Å²) in [6, 6.07) is 21.7. The van der Waals surface area contributed by atoms with Gasteiger partial charge in [0, 0.05) is 35.3 Å². The van der Waals surface area contributed by atoms with Crippen molar-refractivity contribution in [1.82, 2.24) is 19.9 Å². The van der Waals surface area contributed by atoms with E-state index in [0.717, 1.165) is 82.1 Å². The lowest BCUT2D eigenvalue weighted by molar-refractivity contribution is 0.0375. The van der Waals surface area contributed by atoms with Gasteiger partial charge < -0.3 is 10.1 Å². The highest BCUT2D eigenvalue weighted by Crippen LogP contribution is 2.35. The second kappa shape index (κ2) is 11.5. The third-order valence-electron chi connectivity index (χ3n) is 6.49. The van der Waals surface area contributed by atoms with E-state index in [2.05, 4.69) is 15.2 Å². The molecule has 0 spiro atoms. The Morgan fingerprint density at radius 1 is 0.921 bits per heavy atom. The van der Waals surface area contributed by atoms with Crippen LogP contribution < -0.4 is 5.32 Å². The van der Waals surface area contributed by atoms with E-state index in [1.807, 2.05) is 66.7 Å². The predicted octanol–water partition coefficient (Wildman–Crippen LogP) is 6.00. The van der Waals surface area contributed by atoms with Gasteiger partial charge in [0.25, 0.3) is 5.91 Å². The van der Waals surface area contributed by atoms with E-state index >= 15 is 0 Å². The standard InChI is InChI=1S/C29H27N5O2S2/c35-26(31-22-11-5-4-10-21(22)28-32-23-12-6-14-30-29(23)38-28)25-24(13-7-15-34-16-18-36-19-17-34)37-27(33-25)20-8-2-1-3-9-20/h1-6,8-12,14H,7,13,15-19H2,(H,31,35). The molecule has 3 aromatic heterocycles.